The first-order valence-electron chi connectivity index (χ1n) is 7.75. The quantitative estimate of drug-likeness (QED) is 0.631. The molecule has 20 heavy (non-hydrogen) atoms. The predicted molar refractivity (Wildman–Crippen MR) is 81.8 cm³/mol. The van der Waals surface area contributed by atoms with Gasteiger partial charge in [-0.25, -0.2) is 13.1 Å². The molecule has 0 unspecified atom stereocenters. The average Bonchev–Trinajstić information content (AvgIpc) is 2.39. The van der Waals surface area contributed by atoms with Crippen LogP contribution in [0.5, 0.6) is 0 Å². The molecule has 4 N–H and O–H groups in total. The Kier molecular flexibility index (Phi) is 7.43. The van der Waals surface area contributed by atoms with E-state index in [0.717, 1.165) is 6.42 Å². The lowest BCUT2D eigenvalue weighted by atomic mass is 9.83. The second kappa shape index (κ2) is 8.32. The molecular weight excluding hydrogens is 276 g/mol. The van der Waals surface area contributed by atoms with E-state index in [1.807, 2.05) is 0 Å². The second-order valence-corrected chi connectivity index (χ2v) is 8.57. The number of sulfonamides is 1. The molecule has 6 heteroatoms. The molecule has 0 saturated heterocycles. The molecule has 1 saturated carbocycles. The third-order valence-electron chi connectivity index (χ3n) is 4.19. The van der Waals surface area contributed by atoms with Crippen molar-refractivity contribution in [2.45, 2.75) is 76.2 Å². The summed E-state index contributed by atoms with van der Waals surface area (Å²) >= 11 is 0. The summed E-state index contributed by atoms with van der Waals surface area (Å²) in [6, 6.07) is -0.248. The molecule has 1 fully saturated rings. The van der Waals surface area contributed by atoms with E-state index >= 15 is 0 Å². The lowest BCUT2D eigenvalue weighted by Crippen LogP contribution is -2.40. The number of hydrogen-bond donors (Lipinski definition) is 3. The summed E-state index contributed by atoms with van der Waals surface area (Å²) in [7, 11) is -3.25. The van der Waals surface area contributed by atoms with Crippen LogP contribution in [-0.4, -0.2) is 37.5 Å². The van der Waals surface area contributed by atoms with Gasteiger partial charge in [-0.05, 0) is 32.6 Å². The van der Waals surface area contributed by atoms with Gasteiger partial charge in [0.1, 0.15) is 0 Å². The fourth-order valence-electron chi connectivity index (χ4n) is 2.69. The van der Waals surface area contributed by atoms with E-state index in [0.29, 0.717) is 12.3 Å². The van der Waals surface area contributed by atoms with Gasteiger partial charge in [0.15, 0.2) is 0 Å². The van der Waals surface area contributed by atoms with Crippen LogP contribution < -0.4 is 10.5 Å². The summed E-state index contributed by atoms with van der Waals surface area (Å²) in [5, 5.41) is 9.58. The van der Waals surface area contributed by atoms with Crippen LogP contribution in [0.2, 0.25) is 0 Å². The molecule has 0 radical (unpaired) electrons. The number of aliphatic hydroxyl groups is 1. The highest BCUT2D eigenvalue weighted by Gasteiger charge is 2.22. The van der Waals surface area contributed by atoms with Gasteiger partial charge in [-0.15, -0.1) is 0 Å². The van der Waals surface area contributed by atoms with Gasteiger partial charge in [0.2, 0.25) is 10.0 Å². The third kappa shape index (κ3) is 6.08. The van der Waals surface area contributed by atoms with E-state index in [2.05, 4.69) is 4.72 Å². The fraction of sp³-hybridized carbons (Fsp3) is 1.00. The molecule has 1 rings (SSSR count). The molecular formula is C14H30N2O3S. The summed E-state index contributed by atoms with van der Waals surface area (Å²) in [4.78, 5) is 0. The van der Waals surface area contributed by atoms with Crippen molar-refractivity contribution in [3.05, 3.63) is 0 Å². The lowest BCUT2D eigenvalue weighted by Gasteiger charge is -2.27. The van der Waals surface area contributed by atoms with Crippen molar-refractivity contribution in [3.8, 4) is 0 Å². The SMILES string of the molecule is CC(C)S(=O)(=O)NCC[C@H](O)[C@@H](N)CC1CCCCC1. The Morgan fingerprint density at radius 2 is 1.85 bits per heavy atom. The van der Waals surface area contributed by atoms with E-state index < -0.39 is 21.4 Å². The van der Waals surface area contributed by atoms with Gasteiger partial charge in [-0.2, -0.15) is 0 Å². The van der Waals surface area contributed by atoms with Crippen LogP contribution in [0.4, 0.5) is 0 Å². The van der Waals surface area contributed by atoms with E-state index in [9.17, 15) is 13.5 Å². The highest BCUT2D eigenvalue weighted by Crippen LogP contribution is 2.27. The van der Waals surface area contributed by atoms with E-state index in [1.54, 1.807) is 13.8 Å². The Hall–Kier alpha value is -0.170. The van der Waals surface area contributed by atoms with Gasteiger partial charge in [0.05, 0.1) is 11.4 Å². The average molecular weight is 306 g/mol. The maximum absolute atomic E-state index is 11.6. The highest BCUT2D eigenvalue weighted by atomic mass is 32.2. The van der Waals surface area contributed by atoms with Crippen LogP contribution in [0.3, 0.4) is 0 Å². The topological polar surface area (TPSA) is 92.4 Å². The summed E-state index contributed by atoms with van der Waals surface area (Å²) in [5.74, 6) is 0.626. The zero-order valence-electron chi connectivity index (χ0n) is 12.7. The number of rotatable bonds is 8. The fourth-order valence-corrected chi connectivity index (χ4v) is 3.43. The lowest BCUT2D eigenvalue weighted by molar-refractivity contribution is 0.119. The summed E-state index contributed by atoms with van der Waals surface area (Å²) in [6.07, 6.45) is 6.85. The Morgan fingerprint density at radius 3 is 2.40 bits per heavy atom. The minimum absolute atomic E-state index is 0.248. The van der Waals surface area contributed by atoms with Gasteiger partial charge < -0.3 is 10.8 Å². The molecule has 0 aromatic rings. The van der Waals surface area contributed by atoms with E-state index in [-0.39, 0.29) is 12.6 Å². The molecule has 0 bridgehead atoms. The van der Waals surface area contributed by atoms with Crippen molar-refractivity contribution >= 4 is 10.0 Å². The predicted octanol–water partition coefficient (Wildman–Crippen LogP) is 1.36. The molecule has 0 aromatic carbocycles. The largest absolute Gasteiger partial charge is 0.391 e. The molecule has 0 aromatic heterocycles. The molecule has 0 spiro atoms. The number of aliphatic hydroxyl groups excluding tert-OH is 1. The Labute approximate surface area is 123 Å². The van der Waals surface area contributed by atoms with Gasteiger partial charge in [0, 0.05) is 12.6 Å². The maximum atomic E-state index is 11.6. The van der Waals surface area contributed by atoms with Crippen LogP contribution in [0.15, 0.2) is 0 Å². The molecule has 0 heterocycles. The van der Waals surface area contributed by atoms with Crippen molar-refractivity contribution in [1.82, 2.24) is 4.72 Å². The van der Waals surface area contributed by atoms with Crippen LogP contribution in [-0.2, 0) is 10.0 Å². The smallest absolute Gasteiger partial charge is 0.213 e. The Balaban J connectivity index is 2.25. The first-order chi connectivity index (χ1) is 9.33. The summed E-state index contributed by atoms with van der Waals surface area (Å²) in [5.41, 5.74) is 6.03. The molecule has 5 nitrogen and oxygen atoms in total. The molecule has 1 aliphatic carbocycles. The first-order valence-corrected chi connectivity index (χ1v) is 9.29. The zero-order chi connectivity index (χ0) is 15.2. The normalized spacial score (nSPS) is 21.1. The number of nitrogens with two attached hydrogens (primary N) is 1. The molecule has 1 aliphatic rings. The van der Waals surface area contributed by atoms with Crippen LogP contribution in [0.1, 0.15) is 58.8 Å². The standard InChI is InChI=1S/C14H30N2O3S/c1-11(2)20(18,19)16-9-8-14(17)13(15)10-12-6-4-3-5-7-12/h11-14,16-17H,3-10,15H2,1-2H3/t13-,14-/m0/s1. The van der Waals surface area contributed by atoms with Gasteiger partial charge in [-0.3, -0.25) is 0 Å². The molecule has 2 atom stereocenters. The van der Waals surface area contributed by atoms with Crippen LogP contribution in [0.25, 0.3) is 0 Å². The number of hydrogen-bond acceptors (Lipinski definition) is 4. The van der Waals surface area contributed by atoms with Crippen molar-refractivity contribution < 1.29 is 13.5 Å². The first kappa shape index (κ1) is 17.9. The summed E-state index contributed by atoms with van der Waals surface area (Å²) < 4.78 is 25.7. The number of nitrogens with one attached hydrogen (secondary N) is 1. The highest BCUT2D eigenvalue weighted by molar-refractivity contribution is 7.90. The van der Waals surface area contributed by atoms with Gasteiger partial charge in [-0.1, -0.05) is 32.1 Å². The molecule has 0 aliphatic heterocycles. The van der Waals surface area contributed by atoms with Crippen LogP contribution >= 0.6 is 0 Å². The van der Waals surface area contributed by atoms with Crippen LogP contribution in [0, 0.1) is 5.92 Å². The Bertz CT molecular complexity index is 365. The minimum Gasteiger partial charge on any atom is -0.391 e. The van der Waals surface area contributed by atoms with Crippen molar-refractivity contribution in [2.75, 3.05) is 6.54 Å². The zero-order valence-corrected chi connectivity index (χ0v) is 13.5. The second-order valence-electron chi connectivity index (χ2n) is 6.25. The third-order valence-corrected chi connectivity index (χ3v) is 6.04. The minimum atomic E-state index is -3.25. The van der Waals surface area contributed by atoms with Gasteiger partial charge >= 0.3 is 0 Å². The molecule has 120 valence electrons. The van der Waals surface area contributed by atoms with Crippen molar-refractivity contribution in [2.24, 2.45) is 11.7 Å². The van der Waals surface area contributed by atoms with E-state index in [1.165, 1.54) is 32.1 Å². The monoisotopic (exact) mass is 306 g/mol. The Morgan fingerprint density at radius 1 is 1.25 bits per heavy atom. The van der Waals surface area contributed by atoms with Crippen molar-refractivity contribution in [3.63, 3.8) is 0 Å². The van der Waals surface area contributed by atoms with Gasteiger partial charge in [0.25, 0.3) is 0 Å². The van der Waals surface area contributed by atoms with Crippen molar-refractivity contribution in [1.29, 1.82) is 0 Å². The molecule has 0 amide bonds. The summed E-state index contributed by atoms with van der Waals surface area (Å²) in [6.45, 7) is 3.52. The maximum Gasteiger partial charge on any atom is 0.213 e. The van der Waals surface area contributed by atoms with E-state index in [4.69, 9.17) is 5.73 Å².